The second-order valence-corrected chi connectivity index (χ2v) is 9.78. The van der Waals surface area contributed by atoms with Crippen molar-refractivity contribution in [2.75, 3.05) is 25.9 Å². The van der Waals surface area contributed by atoms with Gasteiger partial charge in [-0.1, -0.05) is 48.0 Å². The Morgan fingerprint density at radius 2 is 1.86 bits per heavy atom. The zero-order valence-electron chi connectivity index (χ0n) is 16.4. The topological polar surface area (TPSA) is 66.5 Å². The van der Waals surface area contributed by atoms with Gasteiger partial charge in [0.05, 0.1) is 4.90 Å². The zero-order valence-corrected chi connectivity index (χ0v) is 18.1. The normalized spacial score (nSPS) is 11.5. The maximum Gasteiger partial charge on any atom is 0.242 e. The van der Waals surface area contributed by atoms with Crippen molar-refractivity contribution >= 4 is 27.7 Å². The fourth-order valence-corrected chi connectivity index (χ4v) is 4.73. The van der Waals surface area contributed by atoms with Gasteiger partial charge in [0, 0.05) is 38.1 Å². The molecule has 0 aliphatic carbocycles. The summed E-state index contributed by atoms with van der Waals surface area (Å²) in [5.41, 5.74) is 2.55. The summed E-state index contributed by atoms with van der Waals surface area (Å²) in [6.45, 7) is 3.01. The minimum atomic E-state index is -3.49. The predicted octanol–water partition coefficient (Wildman–Crippen LogP) is 3.45. The summed E-state index contributed by atoms with van der Waals surface area (Å²) >= 11 is 1.78. The summed E-state index contributed by atoms with van der Waals surface area (Å²) in [5, 5.41) is 2.90. The largest absolute Gasteiger partial charge is 0.355 e. The van der Waals surface area contributed by atoms with Crippen LogP contribution >= 0.6 is 11.8 Å². The number of hydrogen-bond acceptors (Lipinski definition) is 4. The van der Waals surface area contributed by atoms with Crippen LogP contribution in [0, 0.1) is 6.92 Å². The third kappa shape index (κ3) is 7.30. The van der Waals surface area contributed by atoms with E-state index in [-0.39, 0.29) is 10.8 Å². The van der Waals surface area contributed by atoms with Gasteiger partial charge in [-0.15, -0.1) is 0 Å². The van der Waals surface area contributed by atoms with Gasteiger partial charge < -0.3 is 5.32 Å². The second kappa shape index (κ2) is 11.2. The molecule has 0 radical (unpaired) electrons. The highest BCUT2D eigenvalue weighted by Gasteiger charge is 2.19. The highest BCUT2D eigenvalue weighted by Crippen LogP contribution is 2.14. The minimum absolute atomic E-state index is 0.0401. The van der Waals surface area contributed by atoms with Crippen molar-refractivity contribution in [3.8, 4) is 0 Å². The van der Waals surface area contributed by atoms with Crippen LogP contribution in [0.5, 0.6) is 0 Å². The van der Waals surface area contributed by atoms with E-state index in [9.17, 15) is 13.2 Å². The minimum Gasteiger partial charge on any atom is -0.355 e. The molecule has 0 fully saturated rings. The van der Waals surface area contributed by atoms with Gasteiger partial charge in [0.2, 0.25) is 15.9 Å². The molecule has 0 atom stereocenters. The molecule has 28 heavy (non-hydrogen) atoms. The van der Waals surface area contributed by atoms with Gasteiger partial charge in [-0.3, -0.25) is 4.79 Å². The first-order valence-electron chi connectivity index (χ1n) is 9.31. The number of sulfonamides is 1. The Morgan fingerprint density at radius 1 is 1.11 bits per heavy atom. The number of carbonyl (C=O) groups is 1. The van der Waals surface area contributed by atoms with Gasteiger partial charge in [0.1, 0.15) is 0 Å². The van der Waals surface area contributed by atoms with Crippen LogP contribution in [0.4, 0.5) is 0 Å². The Labute approximate surface area is 172 Å². The van der Waals surface area contributed by atoms with Crippen molar-refractivity contribution in [2.45, 2.75) is 30.4 Å². The number of nitrogens with one attached hydrogen (secondary N) is 1. The quantitative estimate of drug-likeness (QED) is 0.566. The lowest BCUT2D eigenvalue weighted by Gasteiger charge is -2.17. The van der Waals surface area contributed by atoms with Crippen molar-refractivity contribution < 1.29 is 13.2 Å². The third-order valence-electron chi connectivity index (χ3n) is 4.25. The molecule has 0 spiro atoms. The van der Waals surface area contributed by atoms with Crippen LogP contribution in [0.2, 0.25) is 0 Å². The molecule has 0 aromatic heterocycles. The average Bonchev–Trinajstić information content (AvgIpc) is 2.68. The number of rotatable bonds is 11. The smallest absolute Gasteiger partial charge is 0.242 e. The fourth-order valence-electron chi connectivity index (χ4n) is 2.70. The first-order chi connectivity index (χ1) is 13.4. The van der Waals surface area contributed by atoms with Crippen LogP contribution in [-0.4, -0.2) is 44.5 Å². The fraction of sp³-hybridized carbons (Fsp3) is 0.381. The van der Waals surface area contributed by atoms with Crippen molar-refractivity contribution in [3.63, 3.8) is 0 Å². The first-order valence-corrected chi connectivity index (χ1v) is 11.9. The summed E-state index contributed by atoms with van der Waals surface area (Å²) in [6, 6.07) is 16.8. The van der Waals surface area contributed by atoms with Crippen LogP contribution < -0.4 is 5.32 Å². The van der Waals surface area contributed by atoms with Crippen molar-refractivity contribution in [1.29, 1.82) is 0 Å². The number of thioether (sulfide) groups is 1. The van der Waals surface area contributed by atoms with Crippen LogP contribution in [0.1, 0.15) is 24.0 Å². The number of hydrogen-bond donors (Lipinski definition) is 1. The van der Waals surface area contributed by atoms with Gasteiger partial charge in [-0.25, -0.2) is 12.7 Å². The number of aryl methyl sites for hydroxylation is 1. The standard InChI is InChI=1S/C21H28N2O3S2/c1-18-8-6-9-19(16-18)17-27-15-13-22-21(24)12-7-14-23(2)28(25,26)20-10-4-3-5-11-20/h3-6,8-11,16H,7,12-15,17H2,1-2H3,(H,22,24). The summed E-state index contributed by atoms with van der Waals surface area (Å²) in [7, 11) is -1.95. The first kappa shape index (κ1) is 22.5. The van der Waals surface area contributed by atoms with E-state index in [2.05, 4.69) is 36.5 Å². The van der Waals surface area contributed by atoms with Crippen molar-refractivity contribution in [1.82, 2.24) is 9.62 Å². The van der Waals surface area contributed by atoms with Crippen molar-refractivity contribution in [2.24, 2.45) is 0 Å². The van der Waals surface area contributed by atoms with Crippen LogP contribution in [0.15, 0.2) is 59.5 Å². The summed E-state index contributed by atoms with van der Waals surface area (Å²) in [6.07, 6.45) is 0.808. The average molecular weight is 421 g/mol. The Morgan fingerprint density at radius 3 is 2.57 bits per heavy atom. The summed E-state index contributed by atoms with van der Waals surface area (Å²) in [5.74, 6) is 1.74. The molecule has 152 valence electrons. The molecule has 0 unspecified atom stereocenters. The summed E-state index contributed by atoms with van der Waals surface area (Å²) in [4.78, 5) is 12.2. The molecule has 5 nitrogen and oxygen atoms in total. The summed E-state index contributed by atoms with van der Waals surface area (Å²) < 4.78 is 26.1. The molecule has 0 saturated carbocycles. The monoisotopic (exact) mass is 420 g/mol. The van der Waals surface area contributed by atoms with Crippen LogP contribution in [0.25, 0.3) is 0 Å². The van der Waals surface area contributed by atoms with E-state index in [1.165, 1.54) is 15.4 Å². The lowest BCUT2D eigenvalue weighted by Crippen LogP contribution is -2.30. The maximum atomic E-state index is 12.4. The van der Waals surface area contributed by atoms with Gasteiger partial charge in [0.25, 0.3) is 0 Å². The van der Waals surface area contributed by atoms with Crippen LogP contribution in [-0.2, 0) is 20.6 Å². The van der Waals surface area contributed by atoms with E-state index in [0.717, 1.165) is 11.5 Å². The van der Waals surface area contributed by atoms with E-state index < -0.39 is 10.0 Å². The van der Waals surface area contributed by atoms with Gasteiger partial charge in [-0.05, 0) is 31.0 Å². The van der Waals surface area contributed by atoms with E-state index in [1.807, 2.05) is 0 Å². The van der Waals surface area contributed by atoms with E-state index in [0.29, 0.717) is 25.9 Å². The highest BCUT2D eigenvalue weighted by atomic mass is 32.2. The molecule has 0 heterocycles. The van der Waals surface area contributed by atoms with Crippen LogP contribution in [0.3, 0.4) is 0 Å². The molecule has 7 heteroatoms. The number of nitrogens with zero attached hydrogens (tertiary/aromatic N) is 1. The molecule has 2 aromatic carbocycles. The molecular weight excluding hydrogens is 392 g/mol. The molecule has 2 aromatic rings. The Hall–Kier alpha value is -1.83. The maximum absolute atomic E-state index is 12.4. The predicted molar refractivity (Wildman–Crippen MR) is 116 cm³/mol. The SMILES string of the molecule is Cc1cccc(CSCCNC(=O)CCCN(C)S(=O)(=O)c2ccccc2)c1. The molecule has 1 N–H and O–H groups in total. The van der Waals surface area contributed by atoms with Gasteiger partial charge in [0.15, 0.2) is 0 Å². The molecule has 0 bridgehead atoms. The molecule has 0 aliphatic heterocycles. The number of amides is 1. The number of benzene rings is 2. The Bertz CT molecular complexity index is 855. The molecule has 1 amide bonds. The van der Waals surface area contributed by atoms with Gasteiger partial charge in [-0.2, -0.15) is 11.8 Å². The zero-order chi connectivity index (χ0) is 20.4. The molecule has 0 aliphatic rings. The number of carbonyl (C=O) groups excluding carboxylic acids is 1. The Balaban J connectivity index is 1.61. The lowest BCUT2D eigenvalue weighted by atomic mass is 10.2. The second-order valence-electron chi connectivity index (χ2n) is 6.63. The third-order valence-corrected chi connectivity index (χ3v) is 7.15. The highest BCUT2D eigenvalue weighted by molar-refractivity contribution is 7.98. The van der Waals surface area contributed by atoms with E-state index in [4.69, 9.17) is 0 Å². The van der Waals surface area contributed by atoms with Crippen molar-refractivity contribution in [3.05, 3.63) is 65.7 Å². The molecular formula is C21H28N2O3S2. The Kier molecular flexibility index (Phi) is 9.02. The molecule has 0 saturated heterocycles. The molecule has 2 rings (SSSR count). The van der Waals surface area contributed by atoms with E-state index in [1.54, 1.807) is 49.1 Å². The van der Waals surface area contributed by atoms with Gasteiger partial charge >= 0.3 is 0 Å². The lowest BCUT2D eigenvalue weighted by molar-refractivity contribution is -0.121. The van der Waals surface area contributed by atoms with E-state index >= 15 is 0 Å².